The van der Waals surface area contributed by atoms with Gasteiger partial charge in [0.25, 0.3) is 0 Å². The van der Waals surface area contributed by atoms with Crippen molar-refractivity contribution < 1.29 is 19.7 Å². The predicted octanol–water partition coefficient (Wildman–Crippen LogP) is 1.90. The highest BCUT2D eigenvalue weighted by Gasteiger charge is 2.09. The molecular formula is C15H22O4. The highest BCUT2D eigenvalue weighted by atomic mass is 16.5. The molecule has 2 atom stereocenters. The van der Waals surface area contributed by atoms with Gasteiger partial charge in [-0.1, -0.05) is 18.2 Å². The number of ether oxygens (including phenoxy) is 2. The molecule has 0 aromatic heterocycles. The van der Waals surface area contributed by atoms with Crippen LogP contribution in [0.15, 0.2) is 36.9 Å². The van der Waals surface area contributed by atoms with Crippen molar-refractivity contribution in [2.75, 3.05) is 13.7 Å². The van der Waals surface area contributed by atoms with Crippen molar-refractivity contribution in [3.05, 3.63) is 42.5 Å². The average Bonchev–Trinajstić information content (AvgIpc) is 2.47. The molecule has 0 saturated carbocycles. The fourth-order valence-corrected chi connectivity index (χ4v) is 1.64. The van der Waals surface area contributed by atoms with Gasteiger partial charge in [0, 0.05) is 0 Å². The van der Waals surface area contributed by atoms with Gasteiger partial charge in [-0.15, -0.1) is 6.58 Å². The van der Waals surface area contributed by atoms with E-state index < -0.39 is 6.10 Å². The van der Waals surface area contributed by atoms with Crippen LogP contribution in [0, 0.1) is 0 Å². The third-order valence-electron chi connectivity index (χ3n) is 2.88. The molecule has 0 saturated heterocycles. The van der Waals surface area contributed by atoms with E-state index in [9.17, 15) is 5.11 Å². The molecule has 0 aliphatic rings. The van der Waals surface area contributed by atoms with Crippen molar-refractivity contribution in [1.29, 1.82) is 0 Å². The van der Waals surface area contributed by atoms with Gasteiger partial charge >= 0.3 is 0 Å². The Balaban J connectivity index is 2.37. The highest BCUT2D eigenvalue weighted by Crippen LogP contribution is 2.14. The second kappa shape index (κ2) is 8.69. The van der Waals surface area contributed by atoms with Crippen molar-refractivity contribution in [2.45, 2.75) is 31.7 Å². The number of hydrogen-bond acceptors (Lipinski definition) is 4. The summed E-state index contributed by atoms with van der Waals surface area (Å²) in [5.41, 5.74) is 1.05. The summed E-state index contributed by atoms with van der Waals surface area (Å²) in [7, 11) is 1.63. The van der Waals surface area contributed by atoms with Gasteiger partial charge in [-0.05, 0) is 30.5 Å². The van der Waals surface area contributed by atoms with Gasteiger partial charge in [-0.2, -0.15) is 0 Å². The van der Waals surface area contributed by atoms with Crippen molar-refractivity contribution in [3.63, 3.8) is 0 Å². The van der Waals surface area contributed by atoms with E-state index in [1.54, 1.807) is 13.2 Å². The molecule has 0 radical (unpaired) electrons. The molecule has 4 nitrogen and oxygen atoms in total. The normalized spacial score (nSPS) is 13.8. The number of methoxy groups -OCH3 is 1. The number of hydrogen-bond donors (Lipinski definition) is 2. The van der Waals surface area contributed by atoms with Gasteiger partial charge in [0.1, 0.15) is 5.75 Å². The second-order valence-corrected chi connectivity index (χ2v) is 4.35. The minimum absolute atomic E-state index is 0.122. The van der Waals surface area contributed by atoms with Gasteiger partial charge in [0.2, 0.25) is 0 Å². The van der Waals surface area contributed by atoms with Crippen LogP contribution in [0.2, 0.25) is 0 Å². The first-order valence-electron chi connectivity index (χ1n) is 6.35. The van der Waals surface area contributed by atoms with E-state index in [4.69, 9.17) is 14.6 Å². The second-order valence-electron chi connectivity index (χ2n) is 4.35. The zero-order valence-electron chi connectivity index (χ0n) is 11.3. The van der Waals surface area contributed by atoms with E-state index in [0.29, 0.717) is 19.4 Å². The molecule has 0 spiro atoms. The highest BCUT2D eigenvalue weighted by molar-refractivity contribution is 5.26. The molecular weight excluding hydrogens is 244 g/mol. The molecule has 106 valence electrons. The van der Waals surface area contributed by atoms with Gasteiger partial charge in [0.05, 0.1) is 32.5 Å². The molecule has 19 heavy (non-hydrogen) atoms. The molecule has 4 heteroatoms. The van der Waals surface area contributed by atoms with Crippen LogP contribution >= 0.6 is 0 Å². The maximum atomic E-state index is 9.29. The summed E-state index contributed by atoms with van der Waals surface area (Å²) in [5, 5.41) is 18.0. The number of aliphatic hydroxyl groups is 2. The van der Waals surface area contributed by atoms with Crippen molar-refractivity contribution in [1.82, 2.24) is 0 Å². The van der Waals surface area contributed by atoms with Gasteiger partial charge < -0.3 is 19.7 Å². The van der Waals surface area contributed by atoms with Crippen LogP contribution in [0.1, 0.15) is 18.4 Å². The smallest absolute Gasteiger partial charge is 0.118 e. The Morgan fingerprint density at radius 2 is 1.95 bits per heavy atom. The van der Waals surface area contributed by atoms with E-state index in [-0.39, 0.29) is 12.7 Å². The molecule has 0 bridgehead atoms. The first-order valence-corrected chi connectivity index (χ1v) is 6.35. The molecule has 0 aliphatic carbocycles. The summed E-state index contributed by atoms with van der Waals surface area (Å²) in [4.78, 5) is 0. The lowest BCUT2D eigenvalue weighted by Gasteiger charge is -2.15. The summed E-state index contributed by atoms with van der Waals surface area (Å²) in [6.07, 6.45) is 2.04. The van der Waals surface area contributed by atoms with Crippen LogP contribution in [-0.4, -0.2) is 36.1 Å². The summed E-state index contributed by atoms with van der Waals surface area (Å²) in [6.45, 7) is 3.98. The molecule has 1 rings (SSSR count). The van der Waals surface area contributed by atoms with Crippen molar-refractivity contribution in [3.8, 4) is 5.75 Å². The summed E-state index contributed by atoms with van der Waals surface area (Å²) < 4.78 is 10.8. The fourth-order valence-electron chi connectivity index (χ4n) is 1.64. The SMILES string of the molecule is C=C[C@H](CC[C@@H](O)CO)OCc1ccc(OC)cc1. The van der Waals surface area contributed by atoms with E-state index in [1.807, 2.05) is 24.3 Å². The fraction of sp³-hybridized carbons (Fsp3) is 0.467. The molecule has 0 fully saturated rings. The lowest BCUT2D eigenvalue weighted by atomic mass is 10.1. The summed E-state index contributed by atoms with van der Waals surface area (Å²) >= 11 is 0. The molecule has 2 N–H and O–H groups in total. The predicted molar refractivity (Wildman–Crippen MR) is 74.1 cm³/mol. The van der Waals surface area contributed by atoms with E-state index in [0.717, 1.165) is 11.3 Å². The van der Waals surface area contributed by atoms with Crippen LogP contribution in [0.5, 0.6) is 5.75 Å². The largest absolute Gasteiger partial charge is 0.497 e. The molecule has 0 unspecified atom stereocenters. The zero-order chi connectivity index (χ0) is 14.1. The third kappa shape index (κ3) is 5.87. The van der Waals surface area contributed by atoms with Crippen LogP contribution in [-0.2, 0) is 11.3 Å². The van der Waals surface area contributed by atoms with Crippen molar-refractivity contribution >= 4 is 0 Å². The van der Waals surface area contributed by atoms with Gasteiger partial charge in [-0.25, -0.2) is 0 Å². The Labute approximate surface area is 114 Å². The quantitative estimate of drug-likeness (QED) is 0.670. The standard InChI is InChI=1S/C15H22O4/c1-3-14(9-6-13(17)10-16)19-11-12-4-7-15(18-2)8-5-12/h3-5,7-8,13-14,16-17H,1,6,9-11H2,2H3/t13-,14-/m1/s1. The summed E-state index contributed by atoms with van der Waals surface area (Å²) in [6, 6.07) is 7.66. The molecule has 1 aromatic rings. The van der Waals surface area contributed by atoms with Gasteiger partial charge in [-0.3, -0.25) is 0 Å². The topological polar surface area (TPSA) is 58.9 Å². The van der Waals surface area contributed by atoms with Crippen LogP contribution in [0.25, 0.3) is 0 Å². The first-order chi connectivity index (χ1) is 9.19. The van der Waals surface area contributed by atoms with Crippen LogP contribution in [0.4, 0.5) is 0 Å². The maximum Gasteiger partial charge on any atom is 0.118 e. The lowest BCUT2D eigenvalue weighted by Crippen LogP contribution is -2.17. The Morgan fingerprint density at radius 1 is 1.26 bits per heavy atom. The molecule has 0 amide bonds. The number of aliphatic hydroxyl groups excluding tert-OH is 2. The van der Waals surface area contributed by atoms with E-state index >= 15 is 0 Å². The molecule has 0 heterocycles. The Hall–Kier alpha value is -1.36. The summed E-state index contributed by atoms with van der Waals surface area (Å²) in [5.74, 6) is 0.815. The van der Waals surface area contributed by atoms with Crippen LogP contribution < -0.4 is 4.74 Å². The minimum atomic E-state index is -0.688. The number of rotatable bonds is 9. The number of benzene rings is 1. The van der Waals surface area contributed by atoms with Gasteiger partial charge in [0.15, 0.2) is 0 Å². The molecule has 1 aromatic carbocycles. The monoisotopic (exact) mass is 266 g/mol. The maximum absolute atomic E-state index is 9.29. The minimum Gasteiger partial charge on any atom is -0.497 e. The van der Waals surface area contributed by atoms with Crippen molar-refractivity contribution in [2.24, 2.45) is 0 Å². The van der Waals surface area contributed by atoms with E-state index in [1.165, 1.54) is 0 Å². The first kappa shape index (κ1) is 15.7. The van der Waals surface area contributed by atoms with Crippen LogP contribution in [0.3, 0.4) is 0 Å². The third-order valence-corrected chi connectivity index (χ3v) is 2.88. The Morgan fingerprint density at radius 3 is 2.47 bits per heavy atom. The molecule has 0 aliphatic heterocycles. The zero-order valence-corrected chi connectivity index (χ0v) is 11.3. The van der Waals surface area contributed by atoms with E-state index in [2.05, 4.69) is 6.58 Å². The Kier molecular flexibility index (Phi) is 7.18. The lowest BCUT2D eigenvalue weighted by molar-refractivity contribution is 0.0398. The average molecular weight is 266 g/mol. The Bertz CT molecular complexity index is 361.